The van der Waals surface area contributed by atoms with Crippen molar-refractivity contribution >= 4 is 0 Å². The van der Waals surface area contributed by atoms with Gasteiger partial charge in [-0.3, -0.25) is 0 Å². The lowest BCUT2D eigenvalue weighted by molar-refractivity contribution is -0.0178. The van der Waals surface area contributed by atoms with E-state index in [0.717, 1.165) is 37.4 Å². The molecule has 1 aromatic rings. The predicted molar refractivity (Wildman–Crippen MR) is 66.0 cm³/mol. The summed E-state index contributed by atoms with van der Waals surface area (Å²) in [6.45, 7) is 0.592. The summed E-state index contributed by atoms with van der Waals surface area (Å²) in [5.74, 6) is 1.44. The molecule has 2 saturated carbocycles. The van der Waals surface area contributed by atoms with E-state index in [0.29, 0.717) is 6.54 Å². The highest BCUT2D eigenvalue weighted by Gasteiger charge is 2.45. The zero-order valence-electron chi connectivity index (χ0n) is 10.9. The van der Waals surface area contributed by atoms with Crippen LogP contribution in [0.15, 0.2) is 4.52 Å². The fraction of sp³-hybridized carbons (Fsp3) is 0.846. The highest BCUT2D eigenvalue weighted by Crippen LogP contribution is 2.44. The van der Waals surface area contributed by atoms with Crippen molar-refractivity contribution in [3.05, 3.63) is 11.7 Å². The third-order valence-electron chi connectivity index (χ3n) is 4.79. The van der Waals surface area contributed by atoms with Crippen molar-refractivity contribution in [1.29, 1.82) is 0 Å². The molecule has 2 fully saturated rings. The van der Waals surface area contributed by atoms with Crippen LogP contribution in [0.3, 0.4) is 0 Å². The Morgan fingerprint density at radius 2 is 1.94 bits per heavy atom. The highest BCUT2D eigenvalue weighted by molar-refractivity contribution is 5.14. The van der Waals surface area contributed by atoms with Crippen LogP contribution in [0.1, 0.15) is 56.7 Å². The van der Waals surface area contributed by atoms with Crippen molar-refractivity contribution in [2.75, 3.05) is 13.7 Å². The molecule has 0 aliphatic heterocycles. The highest BCUT2D eigenvalue weighted by atomic mass is 16.5. The fourth-order valence-electron chi connectivity index (χ4n) is 3.20. The maximum atomic E-state index is 5.87. The molecule has 2 aliphatic carbocycles. The van der Waals surface area contributed by atoms with E-state index in [9.17, 15) is 0 Å². The Balaban J connectivity index is 1.89. The first-order chi connectivity index (χ1) is 8.75. The number of nitrogens with two attached hydrogens (primary N) is 1. The molecular formula is C13H21N3O2. The summed E-state index contributed by atoms with van der Waals surface area (Å²) in [7, 11) is 1.74. The van der Waals surface area contributed by atoms with Gasteiger partial charge in [0.05, 0.1) is 5.41 Å². The summed E-state index contributed by atoms with van der Waals surface area (Å²) in [5.41, 5.74) is 5.50. The molecule has 1 aromatic heterocycles. The van der Waals surface area contributed by atoms with Gasteiger partial charge in [0.25, 0.3) is 0 Å². The first kappa shape index (κ1) is 12.1. The lowest BCUT2D eigenvalue weighted by Gasteiger charge is -2.37. The van der Waals surface area contributed by atoms with Gasteiger partial charge in [0.15, 0.2) is 0 Å². The Morgan fingerprint density at radius 1 is 1.22 bits per heavy atom. The molecule has 3 rings (SSSR count). The zero-order chi connectivity index (χ0) is 12.6. The van der Waals surface area contributed by atoms with E-state index in [1.54, 1.807) is 7.11 Å². The van der Waals surface area contributed by atoms with Crippen molar-refractivity contribution < 1.29 is 9.26 Å². The van der Waals surface area contributed by atoms with E-state index in [2.05, 4.69) is 10.1 Å². The lowest BCUT2D eigenvalue weighted by Crippen LogP contribution is -2.42. The largest absolute Gasteiger partial charge is 0.370 e. The van der Waals surface area contributed by atoms with Crippen LogP contribution in [0.25, 0.3) is 0 Å². The van der Waals surface area contributed by atoms with Crippen LogP contribution in [0.2, 0.25) is 0 Å². The van der Waals surface area contributed by atoms with Crippen LogP contribution in [0.4, 0.5) is 0 Å². The van der Waals surface area contributed by atoms with Crippen LogP contribution in [0.5, 0.6) is 0 Å². The first-order valence-electron chi connectivity index (χ1n) is 6.85. The molecule has 0 amide bonds. The first-order valence-corrected chi connectivity index (χ1v) is 6.85. The minimum absolute atomic E-state index is 0.0568. The van der Waals surface area contributed by atoms with E-state index in [1.807, 2.05) is 0 Å². The molecule has 2 aliphatic rings. The summed E-state index contributed by atoms with van der Waals surface area (Å²) in [5, 5.41) is 4.17. The second-order valence-corrected chi connectivity index (χ2v) is 5.67. The van der Waals surface area contributed by atoms with Crippen molar-refractivity contribution in [2.24, 2.45) is 5.73 Å². The summed E-state index contributed by atoms with van der Waals surface area (Å²) in [6, 6.07) is 0. The normalized spacial score (nSPS) is 25.0. The number of ether oxygens (including phenoxy) is 1. The Morgan fingerprint density at radius 3 is 2.44 bits per heavy atom. The van der Waals surface area contributed by atoms with Crippen molar-refractivity contribution in [3.8, 4) is 0 Å². The number of nitrogens with zero attached hydrogens (tertiary/aromatic N) is 2. The number of hydrogen-bond donors (Lipinski definition) is 1. The summed E-state index contributed by atoms with van der Waals surface area (Å²) in [6.07, 6.45) is 7.62. The Labute approximate surface area is 107 Å². The van der Waals surface area contributed by atoms with Gasteiger partial charge in [0.2, 0.25) is 11.7 Å². The summed E-state index contributed by atoms with van der Waals surface area (Å²) < 4.78 is 11.2. The predicted octanol–water partition coefficient (Wildman–Crippen LogP) is 1.87. The van der Waals surface area contributed by atoms with Crippen LogP contribution in [-0.2, 0) is 15.8 Å². The average molecular weight is 251 g/mol. The van der Waals surface area contributed by atoms with Crippen molar-refractivity contribution in [3.63, 3.8) is 0 Å². The summed E-state index contributed by atoms with van der Waals surface area (Å²) in [4.78, 5) is 4.62. The van der Waals surface area contributed by atoms with Crippen molar-refractivity contribution in [2.45, 2.75) is 56.0 Å². The molecular weight excluding hydrogens is 230 g/mol. The minimum atomic E-state index is -0.318. The molecule has 0 radical (unpaired) electrons. The van der Waals surface area contributed by atoms with Gasteiger partial charge in [-0.25, -0.2) is 0 Å². The van der Waals surface area contributed by atoms with Gasteiger partial charge in [-0.05, 0) is 38.5 Å². The zero-order valence-corrected chi connectivity index (χ0v) is 10.9. The number of hydrogen-bond acceptors (Lipinski definition) is 5. The van der Waals surface area contributed by atoms with E-state index >= 15 is 0 Å². The lowest BCUT2D eigenvalue weighted by atomic mass is 9.69. The molecule has 2 N–H and O–H groups in total. The fourth-order valence-corrected chi connectivity index (χ4v) is 3.20. The molecule has 0 atom stereocenters. The number of rotatable bonds is 4. The van der Waals surface area contributed by atoms with Gasteiger partial charge in [0, 0.05) is 13.7 Å². The van der Waals surface area contributed by atoms with Crippen molar-refractivity contribution in [1.82, 2.24) is 10.1 Å². The third kappa shape index (κ3) is 1.61. The number of methoxy groups -OCH3 is 1. The van der Waals surface area contributed by atoms with Crippen LogP contribution in [0, 0.1) is 0 Å². The third-order valence-corrected chi connectivity index (χ3v) is 4.79. The maximum absolute atomic E-state index is 5.87. The molecule has 100 valence electrons. The maximum Gasteiger partial charge on any atom is 0.234 e. The Bertz CT molecular complexity index is 414. The standard InChI is InChI=1S/C13H21N3O2/c1-17-13(7-2-3-8-13)10-15-11(18-16-10)12(9-14)5-4-6-12/h2-9,14H2,1H3. The summed E-state index contributed by atoms with van der Waals surface area (Å²) >= 11 is 0. The molecule has 0 unspecified atom stereocenters. The SMILES string of the molecule is COC1(c2noc(C3(CN)CCC3)n2)CCCC1. The molecule has 0 saturated heterocycles. The van der Waals surface area contributed by atoms with Gasteiger partial charge in [-0.2, -0.15) is 4.98 Å². The van der Waals surface area contributed by atoms with E-state index in [-0.39, 0.29) is 11.0 Å². The van der Waals surface area contributed by atoms with Gasteiger partial charge >= 0.3 is 0 Å². The average Bonchev–Trinajstić information content (AvgIpc) is 2.97. The molecule has 1 heterocycles. The van der Waals surface area contributed by atoms with Gasteiger partial charge in [-0.15, -0.1) is 0 Å². The Kier molecular flexibility index (Phi) is 2.90. The molecule has 5 heteroatoms. The van der Waals surface area contributed by atoms with E-state index in [1.165, 1.54) is 19.3 Å². The van der Waals surface area contributed by atoms with E-state index in [4.69, 9.17) is 15.0 Å². The van der Waals surface area contributed by atoms with E-state index < -0.39 is 0 Å². The van der Waals surface area contributed by atoms with Crippen LogP contribution >= 0.6 is 0 Å². The van der Waals surface area contributed by atoms with Gasteiger partial charge in [0.1, 0.15) is 5.60 Å². The van der Waals surface area contributed by atoms with Gasteiger partial charge in [-0.1, -0.05) is 11.6 Å². The molecule has 0 spiro atoms. The second-order valence-electron chi connectivity index (χ2n) is 5.67. The van der Waals surface area contributed by atoms with Gasteiger partial charge < -0.3 is 15.0 Å². The Hall–Kier alpha value is -0.940. The second kappa shape index (κ2) is 4.31. The van der Waals surface area contributed by atoms with Crippen LogP contribution in [-0.4, -0.2) is 23.8 Å². The molecule has 0 aromatic carbocycles. The quantitative estimate of drug-likeness (QED) is 0.884. The number of aromatic nitrogens is 2. The van der Waals surface area contributed by atoms with Crippen LogP contribution < -0.4 is 5.73 Å². The monoisotopic (exact) mass is 251 g/mol. The molecule has 18 heavy (non-hydrogen) atoms. The topological polar surface area (TPSA) is 74.2 Å². The molecule has 0 bridgehead atoms. The minimum Gasteiger partial charge on any atom is -0.370 e. The smallest absolute Gasteiger partial charge is 0.234 e. The molecule has 5 nitrogen and oxygen atoms in total.